The third kappa shape index (κ3) is 1.59. The Hall–Kier alpha value is -0.830. The minimum atomic E-state index is 0.218. The maximum absolute atomic E-state index is 5.74. The molecule has 0 aromatic carbocycles. The summed E-state index contributed by atoms with van der Waals surface area (Å²) < 4.78 is 5.74. The Morgan fingerprint density at radius 1 is 1.33 bits per heavy atom. The van der Waals surface area contributed by atoms with Gasteiger partial charge in [-0.15, -0.1) is 0 Å². The zero-order valence-corrected chi connectivity index (χ0v) is 9.25. The van der Waals surface area contributed by atoms with Crippen molar-refractivity contribution in [2.45, 2.75) is 45.1 Å². The molecule has 15 heavy (non-hydrogen) atoms. The van der Waals surface area contributed by atoms with Crippen LogP contribution in [0.3, 0.4) is 0 Å². The molecule has 2 heterocycles. The Bertz CT molecular complexity index is 335. The highest BCUT2D eigenvalue weighted by atomic mass is 16.5. The number of aromatic nitrogens is 2. The molecule has 1 aliphatic heterocycles. The van der Waals surface area contributed by atoms with Crippen LogP contribution < -0.4 is 0 Å². The Morgan fingerprint density at radius 3 is 2.93 bits per heavy atom. The largest absolute Gasteiger partial charge is 0.370 e. The Morgan fingerprint density at radius 2 is 2.20 bits per heavy atom. The van der Waals surface area contributed by atoms with Crippen LogP contribution >= 0.6 is 0 Å². The van der Waals surface area contributed by atoms with Crippen LogP contribution in [-0.4, -0.2) is 16.6 Å². The molecule has 0 bridgehead atoms. The molecule has 2 unspecified atom stereocenters. The van der Waals surface area contributed by atoms with E-state index in [4.69, 9.17) is 9.72 Å². The normalized spacial score (nSPS) is 30.5. The molecule has 0 amide bonds. The number of fused-ring (bicyclic) bond motifs is 1. The number of aromatic amines is 1. The minimum Gasteiger partial charge on any atom is -0.370 e. The molecule has 2 aliphatic rings. The number of H-pyrrole nitrogens is 1. The summed E-state index contributed by atoms with van der Waals surface area (Å²) in [6.45, 7) is 3.14. The van der Waals surface area contributed by atoms with Gasteiger partial charge in [0.2, 0.25) is 0 Å². The van der Waals surface area contributed by atoms with Gasteiger partial charge in [0.05, 0.1) is 5.69 Å². The smallest absolute Gasteiger partial charge is 0.136 e. The molecule has 1 fully saturated rings. The average Bonchev–Trinajstić information content (AvgIpc) is 2.82. The first-order valence-electron chi connectivity index (χ1n) is 6.04. The van der Waals surface area contributed by atoms with E-state index in [0.717, 1.165) is 25.3 Å². The monoisotopic (exact) mass is 206 g/mol. The van der Waals surface area contributed by atoms with Crippen molar-refractivity contribution in [1.29, 1.82) is 0 Å². The van der Waals surface area contributed by atoms with Gasteiger partial charge in [0.1, 0.15) is 11.9 Å². The summed E-state index contributed by atoms with van der Waals surface area (Å²) in [6.07, 6.45) is 6.29. The molecule has 1 aromatic rings. The molecule has 0 radical (unpaired) electrons. The molecular formula is C12H18N2O. The number of nitrogens with one attached hydrogen (secondary N) is 1. The summed E-state index contributed by atoms with van der Waals surface area (Å²) >= 11 is 0. The van der Waals surface area contributed by atoms with Crippen molar-refractivity contribution >= 4 is 0 Å². The Kier molecular flexibility index (Phi) is 2.28. The number of rotatable bonds is 1. The lowest BCUT2D eigenvalue weighted by Crippen LogP contribution is -2.05. The van der Waals surface area contributed by atoms with Gasteiger partial charge in [-0.1, -0.05) is 6.92 Å². The van der Waals surface area contributed by atoms with E-state index in [1.807, 2.05) is 0 Å². The molecule has 1 aromatic heterocycles. The standard InChI is InChI=1S/C12H18N2O/c1-8-6-7-15-11(8)12-13-9-4-2-3-5-10(9)14-12/h8,11H,2-7H2,1H3,(H,13,14). The number of aryl methyl sites for hydroxylation is 2. The molecule has 0 spiro atoms. The van der Waals surface area contributed by atoms with Crippen molar-refractivity contribution in [2.75, 3.05) is 6.61 Å². The van der Waals surface area contributed by atoms with E-state index in [9.17, 15) is 0 Å². The lowest BCUT2D eigenvalue weighted by molar-refractivity contribution is 0.0879. The molecule has 3 nitrogen and oxygen atoms in total. The third-order valence-electron chi connectivity index (χ3n) is 3.63. The molecule has 3 heteroatoms. The highest BCUT2D eigenvalue weighted by molar-refractivity contribution is 5.19. The minimum absolute atomic E-state index is 0.218. The van der Waals surface area contributed by atoms with Crippen LogP contribution in [0.1, 0.15) is 49.5 Å². The number of nitrogens with zero attached hydrogens (tertiary/aromatic N) is 1. The third-order valence-corrected chi connectivity index (χ3v) is 3.63. The van der Waals surface area contributed by atoms with E-state index < -0.39 is 0 Å². The number of hydrogen-bond donors (Lipinski definition) is 1. The first kappa shape index (κ1) is 9.40. The lowest BCUT2D eigenvalue weighted by Gasteiger charge is -2.10. The van der Waals surface area contributed by atoms with Gasteiger partial charge in [0.25, 0.3) is 0 Å². The maximum atomic E-state index is 5.74. The van der Waals surface area contributed by atoms with Gasteiger partial charge >= 0.3 is 0 Å². The van der Waals surface area contributed by atoms with Crippen LogP contribution in [0.4, 0.5) is 0 Å². The second-order valence-electron chi connectivity index (χ2n) is 4.81. The van der Waals surface area contributed by atoms with Crippen LogP contribution in [-0.2, 0) is 17.6 Å². The van der Waals surface area contributed by atoms with E-state index in [0.29, 0.717) is 5.92 Å². The van der Waals surface area contributed by atoms with Gasteiger partial charge in [-0.3, -0.25) is 0 Å². The van der Waals surface area contributed by atoms with E-state index >= 15 is 0 Å². The summed E-state index contributed by atoms with van der Waals surface area (Å²) in [4.78, 5) is 8.17. The summed E-state index contributed by atoms with van der Waals surface area (Å²) in [7, 11) is 0. The maximum Gasteiger partial charge on any atom is 0.136 e. The summed E-state index contributed by atoms with van der Waals surface area (Å²) in [5.74, 6) is 1.68. The van der Waals surface area contributed by atoms with Crippen LogP contribution in [0.15, 0.2) is 0 Å². The fourth-order valence-corrected chi connectivity index (χ4v) is 2.66. The molecular weight excluding hydrogens is 188 g/mol. The fraction of sp³-hybridized carbons (Fsp3) is 0.750. The van der Waals surface area contributed by atoms with E-state index in [2.05, 4.69) is 11.9 Å². The molecule has 82 valence electrons. The summed E-state index contributed by atoms with van der Waals surface area (Å²) in [6, 6.07) is 0. The van der Waals surface area contributed by atoms with Crippen LogP contribution in [0.2, 0.25) is 0 Å². The summed E-state index contributed by atoms with van der Waals surface area (Å²) in [5.41, 5.74) is 2.65. The zero-order valence-electron chi connectivity index (χ0n) is 9.25. The zero-order chi connectivity index (χ0) is 10.3. The van der Waals surface area contributed by atoms with Crippen molar-refractivity contribution < 1.29 is 4.74 Å². The highest BCUT2D eigenvalue weighted by Crippen LogP contribution is 2.33. The van der Waals surface area contributed by atoms with Crippen LogP contribution in [0, 0.1) is 5.92 Å². The number of imidazole rings is 1. The van der Waals surface area contributed by atoms with Crippen molar-refractivity contribution in [3.8, 4) is 0 Å². The molecule has 1 N–H and O–H groups in total. The van der Waals surface area contributed by atoms with Gasteiger partial charge in [-0.05, 0) is 38.0 Å². The van der Waals surface area contributed by atoms with Crippen LogP contribution in [0.25, 0.3) is 0 Å². The van der Waals surface area contributed by atoms with E-state index in [1.165, 1.54) is 30.7 Å². The van der Waals surface area contributed by atoms with Gasteiger partial charge in [0, 0.05) is 12.3 Å². The lowest BCUT2D eigenvalue weighted by atomic mass is 10.0. The number of hydrogen-bond acceptors (Lipinski definition) is 2. The molecule has 1 saturated heterocycles. The van der Waals surface area contributed by atoms with E-state index in [1.54, 1.807) is 0 Å². The van der Waals surface area contributed by atoms with Gasteiger partial charge in [0.15, 0.2) is 0 Å². The van der Waals surface area contributed by atoms with Crippen LogP contribution in [0.5, 0.6) is 0 Å². The topological polar surface area (TPSA) is 37.9 Å². The first-order chi connectivity index (χ1) is 7.34. The SMILES string of the molecule is CC1CCOC1c1nc2c([nH]1)CCCC2. The van der Waals surface area contributed by atoms with Gasteiger partial charge in [-0.2, -0.15) is 0 Å². The second kappa shape index (κ2) is 3.63. The quantitative estimate of drug-likeness (QED) is 0.766. The van der Waals surface area contributed by atoms with E-state index in [-0.39, 0.29) is 6.10 Å². The second-order valence-corrected chi connectivity index (χ2v) is 4.81. The first-order valence-corrected chi connectivity index (χ1v) is 6.04. The van der Waals surface area contributed by atoms with Crippen molar-refractivity contribution in [2.24, 2.45) is 5.92 Å². The molecule has 0 saturated carbocycles. The Balaban J connectivity index is 1.88. The fourth-order valence-electron chi connectivity index (χ4n) is 2.66. The molecule has 2 atom stereocenters. The predicted octanol–water partition coefficient (Wildman–Crippen LogP) is 2.39. The average molecular weight is 206 g/mol. The number of ether oxygens (including phenoxy) is 1. The molecule has 3 rings (SSSR count). The van der Waals surface area contributed by atoms with Crippen molar-refractivity contribution in [3.05, 3.63) is 17.2 Å². The highest BCUT2D eigenvalue weighted by Gasteiger charge is 2.29. The molecule has 1 aliphatic carbocycles. The van der Waals surface area contributed by atoms with Crippen molar-refractivity contribution in [1.82, 2.24) is 9.97 Å². The van der Waals surface area contributed by atoms with Crippen molar-refractivity contribution in [3.63, 3.8) is 0 Å². The van der Waals surface area contributed by atoms with Gasteiger partial charge < -0.3 is 9.72 Å². The Labute approximate surface area is 90.2 Å². The summed E-state index contributed by atoms with van der Waals surface area (Å²) in [5, 5.41) is 0. The predicted molar refractivity (Wildman–Crippen MR) is 57.7 cm³/mol. The van der Waals surface area contributed by atoms with Gasteiger partial charge in [-0.25, -0.2) is 4.98 Å².